The zero-order chi connectivity index (χ0) is 13.9. The Hall–Kier alpha value is -0.790. The molecule has 0 aromatic carbocycles. The van der Waals surface area contributed by atoms with Crippen molar-refractivity contribution in [1.82, 2.24) is 4.98 Å². The Labute approximate surface area is 119 Å². The first-order valence-electron chi connectivity index (χ1n) is 8.29. The van der Waals surface area contributed by atoms with Crippen LogP contribution >= 0.6 is 0 Å². The topological polar surface area (TPSA) is 19.7 Å². The summed E-state index contributed by atoms with van der Waals surface area (Å²) >= 11 is 0. The molecule has 0 atom stereocenters. The van der Waals surface area contributed by atoms with Crippen LogP contribution in [0, 0.1) is 5.92 Å². The molecule has 0 saturated carbocycles. The lowest BCUT2D eigenvalue weighted by atomic mass is 10.1. The lowest BCUT2D eigenvalue weighted by molar-refractivity contribution is -0.703. The van der Waals surface area contributed by atoms with Crippen molar-refractivity contribution in [3.05, 3.63) is 18.2 Å². The molecule has 110 valence electrons. The van der Waals surface area contributed by atoms with Crippen LogP contribution in [0.3, 0.4) is 0 Å². The van der Waals surface area contributed by atoms with E-state index in [9.17, 15) is 0 Å². The first kappa shape index (κ1) is 16.3. The van der Waals surface area contributed by atoms with Crippen molar-refractivity contribution in [2.45, 2.75) is 85.1 Å². The molecule has 0 bridgehead atoms. The summed E-state index contributed by atoms with van der Waals surface area (Å²) in [6.45, 7) is 8.02. The summed E-state index contributed by atoms with van der Waals surface area (Å²) in [7, 11) is 0. The molecule has 0 fully saturated rings. The average molecular weight is 265 g/mol. The van der Waals surface area contributed by atoms with E-state index in [1.165, 1.54) is 63.7 Å². The first-order chi connectivity index (χ1) is 9.24. The fraction of sp³-hybridized carbons (Fsp3) is 0.824. The SMILES string of the molecule is CCCCCCCCCC[n+]1cc[nH]c1CC(C)C. The lowest BCUT2D eigenvalue weighted by Crippen LogP contribution is -2.36. The van der Waals surface area contributed by atoms with Crippen molar-refractivity contribution in [2.24, 2.45) is 5.92 Å². The van der Waals surface area contributed by atoms with Crippen LogP contribution in [0.5, 0.6) is 0 Å². The van der Waals surface area contributed by atoms with Gasteiger partial charge in [0.15, 0.2) is 0 Å². The fourth-order valence-corrected chi connectivity index (χ4v) is 2.58. The Bertz CT molecular complexity index is 315. The zero-order valence-electron chi connectivity index (χ0n) is 13.3. The molecule has 2 heteroatoms. The summed E-state index contributed by atoms with van der Waals surface area (Å²) in [5.74, 6) is 2.11. The van der Waals surface area contributed by atoms with Gasteiger partial charge in [0.25, 0.3) is 5.82 Å². The lowest BCUT2D eigenvalue weighted by Gasteiger charge is -2.04. The van der Waals surface area contributed by atoms with E-state index in [1.807, 2.05) is 0 Å². The second-order valence-electron chi connectivity index (χ2n) is 6.17. The molecule has 1 aromatic heterocycles. The normalized spacial score (nSPS) is 11.4. The standard InChI is InChI=1S/C17H32N2/c1-4-5-6-7-8-9-10-11-13-19-14-12-18-17(19)15-16(2)3/h12,14,16H,4-11,13,15H2,1-3H3/p+1. The highest BCUT2D eigenvalue weighted by atomic mass is 15.1. The van der Waals surface area contributed by atoms with Gasteiger partial charge in [0, 0.05) is 0 Å². The number of aromatic amines is 1. The van der Waals surface area contributed by atoms with Crippen LogP contribution in [-0.2, 0) is 13.0 Å². The van der Waals surface area contributed by atoms with Gasteiger partial charge < -0.3 is 0 Å². The van der Waals surface area contributed by atoms with Crippen LogP contribution in [0.25, 0.3) is 0 Å². The van der Waals surface area contributed by atoms with Crippen molar-refractivity contribution in [2.75, 3.05) is 0 Å². The van der Waals surface area contributed by atoms with Crippen LogP contribution in [-0.4, -0.2) is 4.98 Å². The minimum Gasteiger partial charge on any atom is -0.248 e. The number of nitrogens with zero attached hydrogens (tertiary/aromatic N) is 1. The second-order valence-corrected chi connectivity index (χ2v) is 6.17. The quantitative estimate of drug-likeness (QED) is 0.444. The highest BCUT2D eigenvalue weighted by Crippen LogP contribution is 2.08. The minimum atomic E-state index is 0.725. The van der Waals surface area contributed by atoms with Gasteiger partial charge in [0.1, 0.15) is 12.4 Å². The van der Waals surface area contributed by atoms with Crippen molar-refractivity contribution in [3.63, 3.8) is 0 Å². The highest BCUT2D eigenvalue weighted by Gasteiger charge is 2.11. The number of aryl methyl sites for hydroxylation is 1. The van der Waals surface area contributed by atoms with Crippen molar-refractivity contribution in [1.29, 1.82) is 0 Å². The van der Waals surface area contributed by atoms with E-state index in [2.05, 4.69) is 42.7 Å². The van der Waals surface area contributed by atoms with Gasteiger partial charge >= 0.3 is 0 Å². The third kappa shape index (κ3) is 7.39. The van der Waals surface area contributed by atoms with Crippen LogP contribution in [0.1, 0.15) is 78.0 Å². The molecular weight excluding hydrogens is 232 g/mol. The summed E-state index contributed by atoms with van der Waals surface area (Å²) in [6, 6.07) is 0. The molecule has 2 nitrogen and oxygen atoms in total. The van der Waals surface area contributed by atoms with Gasteiger partial charge in [0.05, 0.1) is 13.0 Å². The molecular formula is C17H33N2+. The number of imidazole rings is 1. The van der Waals surface area contributed by atoms with Gasteiger partial charge in [-0.3, -0.25) is 0 Å². The van der Waals surface area contributed by atoms with E-state index in [4.69, 9.17) is 0 Å². The third-order valence-electron chi connectivity index (χ3n) is 3.71. The summed E-state index contributed by atoms with van der Waals surface area (Å²) < 4.78 is 2.40. The maximum absolute atomic E-state index is 3.38. The Morgan fingerprint density at radius 1 is 1.00 bits per heavy atom. The van der Waals surface area contributed by atoms with Gasteiger partial charge in [-0.05, 0) is 18.8 Å². The fourth-order valence-electron chi connectivity index (χ4n) is 2.58. The monoisotopic (exact) mass is 265 g/mol. The number of H-pyrrole nitrogens is 1. The predicted molar refractivity (Wildman–Crippen MR) is 82.1 cm³/mol. The van der Waals surface area contributed by atoms with Gasteiger partial charge in [-0.15, -0.1) is 0 Å². The van der Waals surface area contributed by atoms with Crippen LogP contribution in [0.15, 0.2) is 12.4 Å². The third-order valence-corrected chi connectivity index (χ3v) is 3.71. The summed E-state index contributed by atoms with van der Waals surface area (Å²) in [5, 5.41) is 0. The maximum Gasteiger partial charge on any atom is 0.254 e. The van der Waals surface area contributed by atoms with Gasteiger partial charge in [-0.2, -0.15) is 0 Å². The number of unbranched alkanes of at least 4 members (excludes halogenated alkanes) is 7. The highest BCUT2D eigenvalue weighted by molar-refractivity contribution is 4.78. The number of nitrogens with one attached hydrogen (secondary N) is 1. The summed E-state index contributed by atoms with van der Waals surface area (Å²) in [5.41, 5.74) is 0. The van der Waals surface area contributed by atoms with Crippen LogP contribution < -0.4 is 4.57 Å². The Kier molecular flexibility index (Phi) is 8.61. The molecule has 0 unspecified atom stereocenters. The number of rotatable bonds is 11. The Morgan fingerprint density at radius 3 is 2.26 bits per heavy atom. The summed E-state index contributed by atoms with van der Waals surface area (Å²) in [6.07, 6.45) is 16.6. The molecule has 19 heavy (non-hydrogen) atoms. The van der Waals surface area contributed by atoms with Crippen molar-refractivity contribution in [3.8, 4) is 0 Å². The number of hydrogen-bond acceptors (Lipinski definition) is 0. The van der Waals surface area contributed by atoms with Gasteiger partial charge in [-0.1, -0.05) is 59.3 Å². The van der Waals surface area contributed by atoms with Crippen molar-refractivity contribution >= 4 is 0 Å². The molecule has 0 spiro atoms. The minimum absolute atomic E-state index is 0.725. The number of hydrogen-bond donors (Lipinski definition) is 1. The largest absolute Gasteiger partial charge is 0.254 e. The van der Waals surface area contributed by atoms with E-state index >= 15 is 0 Å². The van der Waals surface area contributed by atoms with E-state index < -0.39 is 0 Å². The molecule has 0 aliphatic carbocycles. The molecule has 0 aliphatic heterocycles. The van der Waals surface area contributed by atoms with Crippen molar-refractivity contribution < 1.29 is 4.57 Å². The van der Waals surface area contributed by atoms with Crippen LogP contribution in [0.2, 0.25) is 0 Å². The van der Waals surface area contributed by atoms with E-state index in [0.717, 1.165) is 12.3 Å². The van der Waals surface area contributed by atoms with E-state index in [-0.39, 0.29) is 0 Å². The molecule has 1 aromatic rings. The molecule has 0 aliphatic rings. The molecule has 1 heterocycles. The molecule has 1 rings (SSSR count). The van der Waals surface area contributed by atoms with E-state index in [1.54, 1.807) is 0 Å². The average Bonchev–Trinajstić information content (AvgIpc) is 2.79. The molecule has 0 amide bonds. The van der Waals surface area contributed by atoms with Gasteiger partial charge in [-0.25, -0.2) is 9.55 Å². The molecule has 1 N–H and O–H groups in total. The number of aromatic nitrogens is 2. The summed E-state index contributed by atoms with van der Waals surface area (Å²) in [4.78, 5) is 3.38. The Morgan fingerprint density at radius 2 is 1.63 bits per heavy atom. The predicted octanol–water partition coefficient (Wildman–Crippen LogP) is 4.64. The maximum atomic E-state index is 3.38. The van der Waals surface area contributed by atoms with E-state index in [0.29, 0.717) is 0 Å². The Balaban J connectivity index is 2.07. The molecule has 0 radical (unpaired) electrons. The smallest absolute Gasteiger partial charge is 0.248 e. The van der Waals surface area contributed by atoms with Crippen LogP contribution in [0.4, 0.5) is 0 Å². The zero-order valence-corrected chi connectivity index (χ0v) is 13.3. The first-order valence-corrected chi connectivity index (χ1v) is 8.29. The molecule has 0 saturated heterocycles. The second kappa shape index (κ2) is 10.1. The van der Waals surface area contributed by atoms with Gasteiger partial charge in [0.2, 0.25) is 0 Å².